The smallest absolute Gasteiger partial charge is 0.329 e. The van der Waals surface area contributed by atoms with Crippen molar-refractivity contribution in [1.82, 2.24) is 15.2 Å². The highest BCUT2D eigenvalue weighted by Gasteiger charge is 2.38. The molecule has 28 heavy (non-hydrogen) atoms. The molecular formula is C18H17F3N3O3P. The number of rotatable bonds is 7. The molecule has 1 N–H and O–H groups in total. The minimum Gasteiger partial charge on any atom is -0.329 e. The van der Waals surface area contributed by atoms with Gasteiger partial charge in [0.1, 0.15) is 0 Å². The van der Waals surface area contributed by atoms with Crippen molar-refractivity contribution in [1.29, 1.82) is 0 Å². The first-order valence-corrected chi connectivity index (χ1v) is 10.00. The van der Waals surface area contributed by atoms with E-state index in [1.807, 2.05) is 30.3 Å². The lowest BCUT2D eigenvalue weighted by atomic mass is 10.2. The maximum absolute atomic E-state index is 13.2. The summed E-state index contributed by atoms with van der Waals surface area (Å²) in [5.41, 5.74) is 1.24. The molecule has 0 radical (unpaired) electrons. The normalized spacial score (nSPS) is 14.0. The molecule has 3 aromatic rings. The van der Waals surface area contributed by atoms with Crippen LogP contribution in [0.4, 0.5) is 13.2 Å². The fraction of sp³-hybridized carbons (Fsp3) is 0.222. The quantitative estimate of drug-likeness (QED) is 0.581. The van der Waals surface area contributed by atoms with Crippen LogP contribution in [0.15, 0.2) is 59.1 Å². The van der Waals surface area contributed by atoms with E-state index in [1.54, 1.807) is 6.92 Å². The lowest BCUT2D eigenvalue weighted by Crippen LogP contribution is -2.21. The van der Waals surface area contributed by atoms with Crippen LogP contribution < -0.4 is 10.4 Å². The minimum atomic E-state index is -4.71. The van der Waals surface area contributed by atoms with Gasteiger partial charge in [0.25, 0.3) is 7.52 Å². The zero-order chi connectivity index (χ0) is 20.2. The molecule has 0 aliphatic rings. The van der Waals surface area contributed by atoms with Crippen LogP contribution in [0.25, 0.3) is 11.4 Å². The molecule has 1 aromatic heterocycles. The summed E-state index contributed by atoms with van der Waals surface area (Å²) in [6.07, 6.45) is -4.71. The van der Waals surface area contributed by atoms with Crippen molar-refractivity contribution in [3.8, 4) is 11.4 Å². The Kier molecular flexibility index (Phi) is 5.98. The van der Waals surface area contributed by atoms with E-state index in [4.69, 9.17) is 4.52 Å². The Morgan fingerprint density at radius 3 is 2.36 bits per heavy atom. The molecular weight excluding hydrogens is 394 g/mol. The summed E-state index contributed by atoms with van der Waals surface area (Å²) < 4.78 is 60.7. The van der Waals surface area contributed by atoms with Crippen LogP contribution in [-0.4, -0.2) is 16.7 Å². The molecule has 0 aliphatic heterocycles. The SMILES string of the molecule is CCOP(=O)(NCc1ccccc1)c1ccc(-c2noc(C(F)(F)F)n2)cc1. The number of nitrogens with one attached hydrogen (secondary N) is 1. The second-order valence-electron chi connectivity index (χ2n) is 5.76. The highest BCUT2D eigenvalue weighted by atomic mass is 31.2. The number of halogens is 3. The fourth-order valence-electron chi connectivity index (χ4n) is 2.45. The van der Waals surface area contributed by atoms with Crippen molar-refractivity contribution >= 4 is 12.8 Å². The summed E-state index contributed by atoms with van der Waals surface area (Å²) >= 11 is 0. The predicted molar refractivity (Wildman–Crippen MR) is 96.9 cm³/mol. The molecule has 2 aromatic carbocycles. The van der Waals surface area contributed by atoms with Crippen molar-refractivity contribution in [3.63, 3.8) is 0 Å². The molecule has 0 aliphatic carbocycles. The van der Waals surface area contributed by atoms with Crippen LogP contribution in [-0.2, 0) is 21.8 Å². The fourth-order valence-corrected chi connectivity index (χ4v) is 4.17. The highest BCUT2D eigenvalue weighted by Crippen LogP contribution is 2.41. The third kappa shape index (κ3) is 4.67. The Labute approximate surface area is 159 Å². The standard InChI is InChI=1S/C18H17F3N3O3P/c1-2-26-28(25,22-12-13-6-4-3-5-7-13)15-10-8-14(9-11-15)16-23-17(27-24-16)18(19,20)21/h3-11H,2,12H2,1H3,(H,22,25). The van der Waals surface area contributed by atoms with E-state index in [0.717, 1.165) is 5.56 Å². The molecule has 0 spiro atoms. The van der Waals surface area contributed by atoms with E-state index >= 15 is 0 Å². The summed E-state index contributed by atoms with van der Waals surface area (Å²) in [6, 6.07) is 15.4. The number of hydrogen-bond donors (Lipinski definition) is 1. The van der Waals surface area contributed by atoms with E-state index in [2.05, 4.69) is 19.8 Å². The Balaban J connectivity index is 1.80. The largest absolute Gasteiger partial charge is 0.471 e. The second kappa shape index (κ2) is 8.26. The van der Waals surface area contributed by atoms with Gasteiger partial charge in [0.2, 0.25) is 5.82 Å². The van der Waals surface area contributed by atoms with Crippen LogP contribution in [0.5, 0.6) is 0 Å². The third-order valence-electron chi connectivity index (χ3n) is 3.78. The van der Waals surface area contributed by atoms with Gasteiger partial charge in [-0.3, -0.25) is 4.57 Å². The molecule has 6 nitrogen and oxygen atoms in total. The monoisotopic (exact) mass is 411 g/mol. The van der Waals surface area contributed by atoms with E-state index in [-0.39, 0.29) is 12.4 Å². The van der Waals surface area contributed by atoms with Gasteiger partial charge in [-0.05, 0) is 24.6 Å². The maximum Gasteiger partial charge on any atom is 0.471 e. The van der Waals surface area contributed by atoms with Crippen LogP contribution in [0, 0.1) is 0 Å². The average molecular weight is 411 g/mol. The van der Waals surface area contributed by atoms with Crippen molar-refractivity contribution in [2.24, 2.45) is 0 Å². The van der Waals surface area contributed by atoms with Crippen LogP contribution in [0.3, 0.4) is 0 Å². The third-order valence-corrected chi connectivity index (χ3v) is 5.95. The molecule has 0 saturated carbocycles. The molecule has 0 saturated heterocycles. The predicted octanol–water partition coefficient (Wildman–Crippen LogP) is 4.40. The summed E-state index contributed by atoms with van der Waals surface area (Å²) in [4.78, 5) is 3.34. The average Bonchev–Trinajstić information content (AvgIpc) is 3.18. The summed E-state index contributed by atoms with van der Waals surface area (Å²) in [6.45, 7) is 2.28. The van der Waals surface area contributed by atoms with Gasteiger partial charge < -0.3 is 9.05 Å². The Hall–Kier alpha value is -2.48. The molecule has 0 fully saturated rings. The van der Waals surface area contributed by atoms with Gasteiger partial charge in [0.05, 0.1) is 11.9 Å². The molecule has 1 unspecified atom stereocenters. The van der Waals surface area contributed by atoms with Gasteiger partial charge in [-0.1, -0.05) is 47.6 Å². The summed E-state index contributed by atoms with van der Waals surface area (Å²) in [7, 11) is -3.36. The van der Waals surface area contributed by atoms with Crippen molar-refractivity contribution in [3.05, 3.63) is 66.1 Å². The van der Waals surface area contributed by atoms with E-state index in [9.17, 15) is 17.7 Å². The number of nitrogens with zero attached hydrogens (tertiary/aromatic N) is 2. The second-order valence-corrected chi connectivity index (χ2v) is 7.95. The molecule has 10 heteroatoms. The number of aromatic nitrogens is 2. The van der Waals surface area contributed by atoms with Gasteiger partial charge in [-0.2, -0.15) is 18.2 Å². The molecule has 0 amide bonds. The highest BCUT2D eigenvalue weighted by molar-refractivity contribution is 7.65. The molecule has 1 atom stereocenters. The Morgan fingerprint density at radius 2 is 1.79 bits per heavy atom. The van der Waals surface area contributed by atoms with Crippen LogP contribution in [0.1, 0.15) is 18.4 Å². The number of alkyl halides is 3. The van der Waals surface area contributed by atoms with E-state index in [0.29, 0.717) is 17.4 Å². The topological polar surface area (TPSA) is 77.2 Å². The van der Waals surface area contributed by atoms with Gasteiger partial charge in [-0.25, -0.2) is 5.09 Å². The van der Waals surface area contributed by atoms with Gasteiger partial charge >= 0.3 is 12.1 Å². The Bertz CT molecular complexity index is 959. The first kappa shape index (κ1) is 20.3. The number of hydrogen-bond acceptors (Lipinski definition) is 5. The molecule has 148 valence electrons. The van der Waals surface area contributed by atoms with Crippen LogP contribution in [0.2, 0.25) is 0 Å². The lowest BCUT2D eigenvalue weighted by molar-refractivity contribution is -0.159. The first-order valence-electron chi connectivity index (χ1n) is 8.37. The lowest BCUT2D eigenvalue weighted by Gasteiger charge is -2.19. The zero-order valence-corrected chi connectivity index (χ0v) is 15.7. The van der Waals surface area contributed by atoms with Gasteiger partial charge in [-0.15, -0.1) is 0 Å². The van der Waals surface area contributed by atoms with E-state index < -0.39 is 19.6 Å². The molecule has 0 bridgehead atoms. The van der Waals surface area contributed by atoms with Crippen molar-refractivity contribution < 1.29 is 26.8 Å². The van der Waals surface area contributed by atoms with E-state index in [1.165, 1.54) is 24.3 Å². The van der Waals surface area contributed by atoms with Crippen molar-refractivity contribution in [2.75, 3.05) is 6.61 Å². The zero-order valence-electron chi connectivity index (χ0n) is 14.8. The maximum atomic E-state index is 13.2. The number of benzene rings is 2. The summed E-state index contributed by atoms with van der Waals surface area (Å²) in [5, 5.41) is 6.67. The Morgan fingerprint density at radius 1 is 1.11 bits per heavy atom. The molecule has 1 heterocycles. The van der Waals surface area contributed by atoms with Crippen LogP contribution >= 0.6 is 7.52 Å². The van der Waals surface area contributed by atoms with Gasteiger partial charge in [0, 0.05) is 12.1 Å². The van der Waals surface area contributed by atoms with Crippen molar-refractivity contribution in [2.45, 2.75) is 19.6 Å². The summed E-state index contributed by atoms with van der Waals surface area (Å²) in [5.74, 6) is -1.63. The minimum absolute atomic E-state index is 0.206. The molecule has 3 rings (SSSR count). The van der Waals surface area contributed by atoms with Gasteiger partial charge in [0.15, 0.2) is 0 Å². The first-order chi connectivity index (χ1) is 13.3.